The van der Waals surface area contributed by atoms with E-state index in [1.807, 2.05) is 30.0 Å². The van der Waals surface area contributed by atoms with Crippen molar-refractivity contribution in [1.82, 2.24) is 5.32 Å². The zero-order valence-corrected chi connectivity index (χ0v) is 11.9. The van der Waals surface area contributed by atoms with Crippen molar-refractivity contribution in [2.75, 3.05) is 23.5 Å². The first kappa shape index (κ1) is 13.1. The first-order chi connectivity index (χ1) is 9.81. The third-order valence-electron chi connectivity index (χ3n) is 3.13. The molecule has 4 nitrogen and oxygen atoms in total. The molecule has 2 heterocycles. The van der Waals surface area contributed by atoms with Gasteiger partial charge < -0.3 is 20.8 Å². The van der Waals surface area contributed by atoms with Gasteiger partial charge in [-0.3, -0.25) is 0 Å². The molecule has 1 saturated heterocycles. The minimum absolute atomic E-state index is 0.705. The standard InChI is InChI=1S/C15H17N3OS/c16-14-2-1-11(5-13-8-17-10-20-13)6-15(14)18-7-12-3-4-19-9-12/h1-6,9,17-18H,7-8,10,16H2. The molecule has 0 saturated carbocycles. The highest BCUT2D eigenvalue weighted by Gasteiger charge is 2.07. The Labute approximate surface area is 122 Å². The molecule has 0 unspecified atom stereocenters. The molecule has 1 aromatic carbocycles. The predicted molar refractivity (Wildman–Crippen MR) is 85.3 cm³/mol. The van der Waals surface area contributed by atoms with Gasteiger partial charge in [0.2, 0.25) is 0 Å². The van der Waals surface area contributed by atoms with Crippen LogP contribution in [0.1, 0.15) is 11.1 Å². The summed E-state index contributed by atoms with van der Waals surface area (Å²) in [5, 5.41) is 6.65. The Morgan fingerprint density at radius 1 is 1.40 bits per heavy atom. The average Bonchev–Trinajstić information content (AvgIpc) is 3.12. The quantitative estimate of drug-likeness (QED) is 0.754. The Hall–Kier alpha value is -1.85. The number of nitrogen functional groups attached to an aromatic ring is 1. The second kappa shape index (κ2) is 6.07. The van der Waals surface area contributed by atoms with Crippen molar-refractivity contribution in [2.45, 2.75) is 6.54 Å². The molecular weight excluding hydrogens is 270 g/mol. The topological polar surface area (TPSA) is 63.2 Å². The first-order valence-electron chi connectivity index (χ1n) is 6.50. The molecule has 20 heavy (non-hydrogen) atoms. The summed E-state index contributed by atoms with van der Waals surface area (Å²) < 4.78 is 5.06. The van der Waals surface area contributed by atoms with Gasteiger partial charge in [-0.1, -0.05) is 6.07 Å². The molecule has 3 rings (SSSR count). The molecule has 104 valence electrons. The molecule has 0 bridgehead atoms. The molecule has 0 amide bonds. The van der Waals surface area contributed by atoms with Crippen LogP contribution in [0.25, 0.3) is 6.08 Å². The van der Waals surface area contributed by atoms with Crippen LogP contribution in [0.4, 0.5) is 11.4 Å². The SMILES string of the molecule is Nc1ccc(C=C2CNCS2)cc1NCc1ccoc1. The minimum atomic E-state index is 0.705. The lowest BCUT2D eigenvalue weighted by Gasteiger charge is -2.09. The lowest BCUT2D eigenvalue weighted by atomic mass is 10.1. The highest BCUT2D eigenvalue weighted by atomic mass is 32.2. The molecule has 5 heteroatoms. The number of anilines is 2. The zero-order valence-electron chi connectivity index (χ0n) is 11.1. The summed E-state index contributed by atoms with van der Waals surface area (Å²) in [7, 11) is 0. The second-order valence-corrected chi connectivity index (χ2v) is 5.76. The largest absolute Gasteiger partial charge is 0.472 e. The number of benzene rings is 1. The van der Waals surface area contributed by atoms with Gasteiger partial charge in [-0.05, 0) is 29.8 Å². The van der Waals surface area contributed by atoms with E-state index >= 15 is 0 Å². The van der Waals surface area contributed by atoms with Gasteiger partial charge in [-0.25, -0.2) is 0 Å². The molecule has 0 radical (unpaired) electrons. The number of rotatable bonds is 4. The number of nitrogens with two attached hydrogens (primary N) is 1. The number of hydrogen-bond donors (Lipinski definition) is 3. The van der Waals surface area contributed by atoms with Gasteiger partial charge >= 0.3 is 0 Å². The summed E-state index contributed by atoms with van der Waals surface area (Å²) in [5.41, 5.74) is 9.99. The van der Waals surface area contributed by atoms with Crippen LogP contribution in [0.3, 0.4) is 0 Å². The van der Waals surface area contributed by atoms with Crippen molar-refractivity contribution in [1.29, 1.82) is 0 Å². The van der Waals surface area contributed by atoms with E-state index in [1.54, 1.807) is 12.5 Å². The van der Waals surface area contributed by atoms with Crippen LogP contribution in [-0.4, -0.2) is 12.4 Å². The maximum absolute atomic E-state index is 6.01. The van der Waals surface area contributed by atoms with Gasteiger partial charge in [-0.15, -0.1) is 11.8 Å². The van der Waals surface area contributed by atoms with Crippen molar-refractivity contribution in [3.63, 3.8) is 0 Å². The number of hydrogen-bond acceptors (Lipinski definition) is 5. The minimum Gasteiger partial charge on any atom is -0.472 e. The maximum Gasteiger partial charge on any atom is 0.0952 e. The summed E-state index contributed by atoms with van der Waals surface area (Å²) in [5.74, 6) is 0.992. The monoisotopic (exact) mass is 287 g/mol. The van der Waals surface area contributed by atoms with E-state index in [0.717, 1.165) is 29.4 Å². The smallest absolute Gasteiger partial charge is 0.0952 e. The third-order valence-corrected chi connectivity index (χ3v) is 4.11. The second-order valence-electron chi connectivity index (χ2n) is 4.66. The van der Waals surface area contributed by atoms with E-state index in [1.165, 1.54) is 10.5 Å². The summed E-state index contributed by atoms with van der Waals surface area (Å²) in [6, 6.07) is 8.01. The van der Waals surface area contributed by atoms with E-state index < -0.39 is 0 Å². The van der Waals surface area contributed by atoms with Crippen molar-refractivity contribution in [3.8, 4) is 0 Å². The van der Waals surface area contributed by atoms with Crippen LogP contribution in [0.15, 0.2) is 46.1 Å². The van der Waals surface area contributed by atoms with Crippen LogP contribution in [0.2, 0.25) is 0 Å². The summed E-state index contributed by atoms with van der Waals surface area (Å²) >= 11 is 1.84. The van der Waals surface area contributed by atoms with Crippen molar-refractivity contribution < 1.29 is 4.42 Å². The Morgan fingerprint density at radius 3 is 3.10 bits per heavy atom. The summed E-state index contributed by atoms with van der Waals surface area (Å²) in [6.45, 7) is 1.66. The number of nitrogens with one attached hydrogen (secondary N) is 2. The maximum atomic E-state index is 6.01. The predicted octanol–water partition coefficient (Wildman–Crippen LogP) is 3.11. The molecule has 2 aromatic rings. The zero-order chi connectivity index (χ0) is 13.8. The fourth-order valence-corrected chi connectivity index (χ4v) is 2.87. The van der Waals surface area contributed by atoms with Crippen molar-refractivity contribution in [2.24, 2.45) is 0 Å². The highest BCUT2D eigenvalue weighted by molar-refractivity contribution is 8.03. The Morgan fingerprint density at radius 2 is 2.35 bits per heavy atom. The Bertz CT molecular complexity index is 600. The van der Waals surface area contributed by atoms with E-state index in [0.29, 0.717) is 6.54 Å². The Balaban J connectivity index is 1.74. The molecule has 4 N–H and O–H groups in total. The fraction of sp³-hybridized carbons (Fsp3) is 0.200. The average molecular weight is 287 g/mol. The Kier molecular flexibility index (Phi) is 3.99. The third kappa shape index (κ3) is 3.18. The van der Waals surface area contributed by atoms with E-state index in [2.05, 4.69) is 22.8 Å². The van der Waals surface area contributed by atoms with E-state index in [9.17, 15) is 0 Å². The van der Waals surface area contributed by atoms with Gasteiger partial charge in [0.05, 0.1) is 23.9 Å². The number of thioether (sulfide) groups is 1. The van der Waals surface area contributed by atoms with E-state index in [-0.39, 0.29) is 0 Å². The van der Waals surface area contributed by atoms with Crippen molar-refractivity contribution in [3.05, 3.63) is 52.8 Å². The molecule has 1 aliphatic rings. The molecule has 0 aliphatic carbocycles. The number of furan rings is 1. The van der Waals surface area contributed by atoms with Crippen molar-refractivity contribution >= 4 is 29.2 Å². The fourth-order valence-electron chi connectivity index (χ4n) is 2.05. The molecule has 1 aliphatic heterocycles. The molecule has 0 spiro atoms. The van der Waals surface area contributed by atoms with Crippen LogP contribution in [0.5, 0.6) is 0 Å². The van der Waals surface area contributed by atoms with Crippen LogP contribution >= 0.6 is 11.8 Å². The highest BCUT2D eigenvalue weighted by Crippen LogP contribution is 2.26. The normalized spacial score (nSPS) is 16.7. The van der Waals surface area contributed by atoms with Gasteiger partial charge in [0, 0.05) is 29.4 Å². The van der Waals surface area contributed by atoms with Gasteiger partial charge in [0.1, 0.15) is 0 Å². The lowest BCUT2D eigenvalue weighted by Crippen LogP contribution is -2.04. The molecular formula is C15H17N3OS. The molecule has 1 fully saturated rings. The molecule has 1 aromatic heterocycles. The van der Waals surface area contributed by atoms with Crippen LogP contribution < -0.4 is 16.4 Å². The van der Waals surface area contributed by atoms with Crippen LogP contribution in [0, 0.1) is 0 Å². The van der Waals surface area contributed by atoms with Gasteiger partial charge in [-0.2, -0.15) is 0 Å². The first-order valence-corrected chi connectivity index (χ1v) is 7.48. The summed E-state index contributed by atoms with van der Waals surface area (Å²) in [6.07, 6.45) is 5.61. The van der Waals surface area contributed by atoms with Gasteiger partial charge in [0.25, 0.3) is 0 Å². The summed E-state index contributed by atoms with van der Waals surface area (Å²) in [4.78, 5) is 1.36. The van der Waals surface area contributed by atoms with E-state index in [4.69, 9.17) is 10.2 Å². The molecule has 0 atom stereocenters. The van der Waals surface area contributed by atoms with Crippen LogP contribution in [-0.2, 0) is 6.54 Å². The van der Waals surface area contributed by atoms with Gasteiger partial charge in [0.15, 0.2) is 0 Å². The lowest BCUT2D eigenvalue weighted by molar-refractivity contribution is 0.564.